The number of piperidine rings is 1. The summed E-state index contributed by atoms with van der Waals surface area (Å²) in [6.45, 7) is 2.15. The van der Waals surface area contributed by atoms with Crippen LogP contribution in [-0.2, 0) is 4.74 Å². The van der Waals surface area contributed by atoms with Gasteiger partial charge in [-0.2, -0.15) is 0 Å². The SMILES string of the molecule is COCCN1C(=O)N[C@@H]2CN(C(=O)c3ccncc3Cl)CC[C@@H]21. The number of halogens is 1. The van der Waals surface area contributed by atoms with Crippen LogP contribution < -0.4 is 5.32 Å². The first-order valence-corrected chi connectivity index (χ1v) is 7.94. The topological polar surface area (TPSA) is 74.8 Å². The van der Waals surface area contributed by atoms with Gasteiger partial charge in [-0.1, -0.05) is 11.6 Å². The molecule has 2 aliphatic heterocycles. The lowest BCUT2D eigenvalue weighted by atomic mass is 9.99. The molecule has 3 heterocycles. The van der Waals surface area contributed by atoms with Crippen LogP contribution in [0.3, 0.4) is 0 Å². The molecule has 0 bridgehead atoms. The van der Waals surface area contributed by atoms with Crippen LogP contribution in [0.2, 0.25) is 5.02 Å². The third-order valence-corrected chi connectivity index (χ3v) is 4.67. The Hall–Kier alpha value is -1.86. The number of aromatic nitrogens is 1. The van der Waals surface area contributed by atoms with Gasteiger partial charge in [0.05, 0.1) is 29.3 Å². The fourth-order valence-electron chi connectivity index (χ4n) is 3.21. The normalized spacial score (nSPS) is 23.7. The second kappa shape index (κ2) is 6.72. The Morgan fingerprint density at radius 1 is 1.57 bits per heavy atom. The van der Waals surface area contributed by atoms with E-state index >= 15 is 0 Å². The van der Waals surface area contributed by atoms with E-state index in [9.17, 15) is 9.59 Å². The van der Waals surface area contributed by atoms with E-state index < -0.39 is 0 Å². The van der Waals surface area contributed by atoms with E-state index in [2.05, 4.69) is 10.3 Å². The number of hydrogen-bond donors (Lipinski definition) is 1. The fourth-order valence-corrected chi connectivity index (χ4v) is 3.41. The van der Waals surface area contributed by atoms with E-state index in [1.807, 2.05) is 0 Å². The molecular formula is C15H19ClN4O3. The fraction of sp³-hybridized carbons (Fsp3) is 0.533. The number of amides is 3. The zero-order valence-electron chi connectivity index (χ0n) is 12.9. The number of likely N-dealkylation sites (tertiary alicyclic amines) is 1. The summed E-state index contributed by atoms with van der Waals surface area (Å²) in [4.78, 5) is 32.1. The Labute approximate surface area is 139 Å². The molecule has 8 heteroatoms. The molecule has 2 saturated heterocycles. The maximum absolute atomic E-state index is 12.6. The number of fused-ring (bicyclic) bond motifs is 1. The van der Waals surface area contributed by atoms with Crippen LogP contribution in [0, 0.1) is 0 Å². The molecule has 3 rings (SSSR count). The zero-order valence-corrected chi connectivity index (χ0v) is 13.6. The third-order valence-electron chi connectivity index (χ3n) is 4.37. The number of carbonyl (C=O) groups excluding carboxylic acids is 2. The number of nitrogens with zero attached hydrogens (tertiary/aromatic N) is 3. The lowest BCUT2D eigenvalue weighted by molar-refractivity contribution is 0.0642. The highest BCUT2D eigenvalue weighted by Gasteiger charge is 2.43. The van der Waals surface area contributed by atoms with Crippen molar-refractivity contribution in [3.8, 4) is 0 Å². The van der Waals surface area contributed by atoms with Crippen molar-refractivity contribution < 1.29 is 14.3 Å². The van der Waals surface area contributed by atoms with Gasteiger partial charge in [-0.05, 0) is 12.5 Å². The van der Waals surface area contributed by atoms with Gasteiger partial charge in [0, 0.05) is 39.1 Å². The van der Waals surface area contributed by atoms with Gasteiger partial charge < -0.3 is 19.9 Å². The summed E-state index contributed by atoms with van der Waals surface area (Å²) in [5, 5.41) is 3.30. The van der Waals surface area contributed by atoms with E-state index in [1.165, 1.54) is 6.20 Å². The van der Waals surface area contributed by atoms with Gasteiger partial charge >= 0.3 is 6.03 Å². The highest BCUT2D eigenvalue weighted by atomic mass is 35.5. The molecule has 0 radical (unpaired) electrons. The monoisotopic (exact) mass is 338 g/mol. The summed E-state index contributed by atoms with van der Waals surface area (Å²) in [6, 6.07) is 1.58. The Balaban J connectivity index is 1.68. The maximum atomic E-state index is 12.6. The van der Waals surface area contributed by atoms with Gasteiger partial charge in [-0.15, -0.1) is 0 Å². The standard InChI is InChI=1S/C15H19ClN4O3/c1-23-7-6-20-13-3-5-19(9-12(13)18-15(20)22)14(21)10-2-4-17-8-11(10)16/h2,4,8,12-13H,3,5-7,9H2,1H3,(H,18,22)/t12-,13+/m1/s1. The average molecular weight is 339 g/mol. The molecule has 7 nitrogen and oxygen atoms in total. The largest absolute Gasteiger partial charge is 0.383 e. The molecule has 0 aromatic carbocycles. The molecular weight excluding hydrogens is 320 g/mol. The van der Waals surface area contributed by atoms with Crippen LogP contribution in [0.15, 0.2) is 18.5 Å². The zero-order chi connectivity index (χ0) is 16.4. The number of pyridine rings is 1. The second-order valence-electron chi connectivity index (χ2n) is 5.70. The maximum Gasteiger partial charge on any atom is 0.318 e. The Morgan fingerprint density at radius 3 is 3.13 bits per heavy atom. The number of methoxy groups -OCH3 is 1. The van der Waals surface area contributed by atoms with Crippen LogP contribution in [-0.4, -0.2) is 72.2 Å². The molecule has 3 amide bonds. The molecule has 0 unspecified atom stereocenters. The minimum atomic E-state index is -0.125. The number of hydrogen-bond acceptors (Lipinski definition) is 4. The summed E-state index contributed by atoms with van der Waals surface area (Å²) >= 11 is 6.05. The number of nitrogens with one attached hydrogen (secondary N) is 1. The first-order chi connectivity index (χ1) is 11.1. The molecule has 23 heavy (non-hydrogen) atoms. The van der Waals surface area contributed by atoms with Crippen LogP contribution >= 0.6 is 11.6 Å². The first kappa shape index (κ1) is 16.0. The van der Waals surface area contributed by atoms with Crippen molar-refractivity contribution in [1.29, 1.82) is 0 Å². The summed E-state index contributed by atoms with van der Waals surface area (Å²) in [7, 11) is 1.62. The van der Waals surface area contributed by atoms with Gasteiger partial charge in [0.25, 0.3) is 5.91 Å². The molecule has 124 valence electrons. The highest BCUT2D eigenvalue weighted by molar-refractivity contribution is 6.33. The molecule has 2 aliphatic rings. The molecule has 1 N–H and O–H groups in total. The minimum Gasteiger partial charge on any atom is -0.383 e. The first-order valence-electron chi connectivity index (χ1n) is 7.56. The van der Waals surface area contributed by atoms with Crippen molar-refractivity contribution >= 4 is 23.5 Å². The molecule has 0 saturated carbocycles. The van der Waals surface area contributed by atoms with Gasteiger partial charge in [0.1, 0.15) is 0 Å². The quantitative estimate of drug-likeness (QED) is 0.888. The molecule has 0 spiro atoms. The highest BCUT2D eigenvalue weighted by Crippen LogP contribution is 2.25. The predicted molar refractivity (Wildman–Crippen MR) is 84.5 cm³/mol. The van der Waals surface area contributed by atoms with E-state index in [1.54, 1.807) is 29.2 Å². The van der Waals surface area contributed by atoms with Crippen molar-refractivity contribution in [2.45, 2.75) is 18.5 Å². The lowest BCUT2D eigenvalue weighted by Gasteiger charge is -2.36. The second-order valence-corrected chi connectivity index (χ2v) is 6.11. The summed E-state index contributed by atoms with van der Waals surface area (Å²) in [6.07, 6.45) is 3.75. The van der Waals surface area contributed by atoms with Gasteiger partial charge in [0.2, 0.25) is 0 Å². The number of rotatable bonds is 4. The van der Waals surface area contributed by atoms with E-state index in [4.69, 9.17) is 16.3 Å². The molecule has 2 atom stereocenters. The minimum absolute atomic E-state index is 0.0577. The summed E-state index contributed by atoms with van der Waals surface area (Å²) in [5.41, 5.74) is 0.445. The van der Waals surface area contributed by atoms with Gasteiger partial charge in [-0.25, -0.2) is 4.79 Å². The Morgan fingerprint density at radius 2 is 2.39 bits per heavy atom. The van der Waals surface area contributed by atoms with Gasteiger partial charge in [0.15, 0.2) is 0 Å². The summed E-state index contributed by atoms with van der Waals surface area (Å²) < 4.78 is 5.06. The van der Waals surface area contributed by atoms with Crippen molar-refractivity contribution in [3.05, 3.63) is 29.0 Å². The third kappa shape index (κ3) is 3.11. The van der Waals surface area contributed by atoms with Crippen LogP contribution in [0.25, 0.3) is 0 Å². The molecule has 2 fully saturated rings. The van der Waals surface area contributed by atoms with Crippen molar-refractivity contribution in [2.24, 2.45) is 0 Å². The number of ether oxygens (including phenoxy) is 1. The Kier molecular flexibility index (Phi) is 4.68. The predicted octanol–water partition coefficient (Wildman–Crippen LogP) is 0.990. The molecule has 0 aliphatic carbocycles. The van der Waals surface area contributed by atoms with E-state index in [0.717, 1.165) is 6.42 Å². The van der Waals surface area contributed by atoms with E-state index in [-0.39, 0.29) is 24.0 Å². The van der Waals surface area contributed by atoms with Crippen LogP contribution in [0.5, 0.6) is 0 Å². The average Bonchev–Trinajstić information content (AvgIpc) is 2.87. The van der Waals surface area contributed by atoms with Gasteiger partial charge in [-0.3, -0.25) is 9.78 Å². The van der Waals surface area contributed by atoms with Crippen molar-refractivity contribution in [2.75, 3.05) is 33.4 Å². The smallest absolute Gasteiger partial charge is 0.318 e. The molecule has 1 aromatic heterocycles. The number of urea groups is 1. The van der Waals surface area contributed by atoms with Crippen LogP contribution in [0.4, 0.5) is 4.79 Å². The molecule has 1 aromatic rings. The Bertz CT molecular complexity index is 612. The van der Waals surface area contributed by atoms with Crippen molar-refractivity contribution in [3.63, 3.8) is 0 Å². The van der Waals surface area contributed by atoms with E-state index in [0.29, 0.717) is 36.8 Å². The van der Waals surface area contributed by atoms with Crippen LogP contribution in [0.1, 0.15) is 16.8 Å². The van der Waals surface area contributed by atoms with Crippen molar-refractivity contribution in [1.82, 2.24) is 20.1 Å². The number of carbonyl (C=O) groups is 2. The lowest BCUT2D eigenvalue weighted by Crippen LogP contribution is -2.53. The summed E-state index contributed by atoms with van der Waals surface area (Å²) in [5.74, 6) is -0.125.